The topological polar surface area (TPSA) is 54.2 Å². The lowest BCUT2D eigenvalue weighted by molar-refractivity contribution is 0.417. The summed E-state index contributed by atoms with van der Waals surface area (Å²) in [4.78, 5) is 1.93. The predicted molar refractivity (Wildman–Crippen MR) is 84.7 cm³/mol. The molecule has 0 saturated carbocycles. The summed E-state index contributed by atoms with van der Waals surface area (Å²) in [6.45, 7) is 6.95. The molecule has 5 nitrogen and oxygen atoms in total. The molecule has 1 aromatic carbocycles. The first kappa shape index (κ1) is 15.8. The van der Waals surface area contributed by atoms with Gasteiger partial charge in [0.15, 0.2) is 0 Å². The minimum absolute atomic E-state index is 0.0419. The predicted octanol–water partition coefficient (Wildman–Crippen LogP) is 3.59. The highest BCUT2D eigenvalue weighted by Crippen LogP contribution is 2.29. The second-order valence-electron chi connectivity index (χ2n) is 5.01. The van der Waals surface area contributed by atoms with Crippen molar-refractivity contribution in [2.24, 2.45) is 0 Å². The zero-order valence-corrected chi connectivity index (χ0v) is 13.6. The van der Waals surface area contributed by atoms with Crippen LogP contribution < -0.4 is 10.2 Å². The highest BCUT2D eigenvalue weighted by Gasteiger charge is 2.21. The number of rotatable bonds is 6. The molecule has 2 rings (SSSR count). The summed E-state index contributed by atoms with van der Waals surface area (Å²) in [7, 11) is 1.92. The Morgan fingerprint density at radius 1 is 1.29 bits per heavy atom. The van der Waals surface area contributed by atoms with E-state index >= 15 is 0 Å². The summed E-state index contributed by atoms with van der Waals surface area (Å²) in [6.07, 6.45) is 0. The first-order valence-corrected chi connectivity index (χ1v) is 7.46. The van der Waals surface area contributed by atoms with Crippen LogP contribution in [-0.2, 0) is 0 Å². The Bertz CT molecular complexity index is 587. The van der Waals surface area contributed by atoms with Crippen molar-refractivity contribution in [3.63, 3.8) is 0 Å². The van der Waals surface area contributed by atoms with E-state index in [0.29, 0.717) is 11.9 Å². The third kappa shape index (κ3) is 3.54. The van der Waals surface area contributed by atoms with Crippen LogP contribution in [0.1, 0.15) is 44.3 Å². The van der Waals surface area contributed by atoms with Crippen molar-refractivity contribution >= 4 is 17.6 Å². The first-order valence-electron chi connectivity index (χ1n) is 7.08. The Hall–Kier alpha value is -1.59. The fraction of sp³-hybridized carbons (Fsp3) is 0.467. The summed E-state index contributed by atoms with van der Waals surface area (Å²) < 4.78 is 5.74. The molecule has 0 amide bonds. The van der Waals surface area contributed by atoms with E-state index in [4.69, 9.17) is 16.0 Å². The monoisotopic (exact) mass is 308 g/mol. The third-order valence-electron chi connectivity index (χ3n) is 3.55. The summed E-state index contributed by atoms with van der Waals surface area (Å²) in [5, 5.41) is 12.2. The van der Waals surface area contributed by atoms with Crippen molar-refractivity contribution < 1.29 is 4.42 Å². The Morgan fingerprint density at radius 3 is 2.67 bits per heavy atom. The summed E-state index contributed by atoms with van der Waals surface area (Å²) in [5.74, 6) is 0.588. The van der Waals surface area contributed by atoms with Crippen LogP contribution >= 0.6 is 11.6 Å². The van der Waals surface area contributed by atoms with Crippen molar-refractivity contribution in [2.45, 2.75) is 32.9 Å². The molecule has 6 heteroatoms. The molecule has 2 atom stereocenters. The number of anilines is 1. The smallest absolute Gasteiger partial charge is 0.318 e. The lowest BCUT2D eigenvalue weighted by atomic mass is 10.1. The standard InChI is InChI=1S/C15H21ClN4O/c1-5-17-10(2)14-18-19-15(21-14)20(4)11(3)12-8-6-7-9-13(12)16/h6-11,17H,5H2,1-4H3. The van der Waals surface area contributed by atoms with Crippen LogP contribution in [0.25, 0.3) is 0 Å². The molecule has 0 aliphatic heterocycles. The molecule has 0 aliphatic carbocycles. The fourth-order valence-electron chi connectivity index (χ4n) is 2.13. The summed E-state index contributed by atoms with van der Waals surface area (Å²) in [6, 6.07) is 8.35. The molecular weight excluding hydrogens is 288 g/mol. The maximum Gasteiger partial charge on any atom is 0.318 e. The first-order chi connectivity index (χ1) is 10.0. The normalized spacial score (nSPS) is 14.0. The molecule has 114 valence electrons. The van der Waals surface area contributed by atoms with Gasteiger partial charge in [-0.2, -0.15) is 0 Å². The maximum absolute atomic E-state index is 6.24. The zero-order valence-electron chi connectivity index (χ0n) is 12.8. The molecule has 1 aromatic heterocycles. The van der Waals surface area contributed by atoms with Gasteiger partial charge in [0.25, 0.3) is 0 Å². The number of halogens is 1. The van der Waals surface area contributed by atoms with Gasteiger partial charge in [-0.05, 0) is 32.0 Å². The van der Waals surface area contributed by atoms with Gasteiger partial charge in [0.2, 0.25) is 5.89 Å². The molecule has 1 heterocycles. The number of benzene rings is 1. The molecule has 2 aromatic rings. The van der Waals surface area contributed by atoms with Gasteiger partial charge >= 0.3 is 6.01 Å². The van der Waals surface area contributed by atoms with E-state index in [2.05, 4.69) is 22.4 Å². The minimum Gasteiger partial charge on any atom is -0.406 e. The molecule has 21 heavy (non-hydrogen) atoms. The van der Waals surface area contributed by atoms with Gasteiger partial charge in [-0.25, -0.2) is 0 Å². The number of nitrogens with one attached hydrogen (secondary N) is 1. The van der Waals surface area contributed by atoms with Crippen molar-refractivity contribution in [3.8, 4) is 0 Å². The van der Waals surface area contributed by atoms with Gasteiger partial charge in [-0.3, -0.25) is 0 Å². The van der Waals surface area contributed by atoms with Crippen LogP contribution in [0.2, 0.25) is 5.02 Å². The van der Waals surface area contributed by atoms with Crippen LogP contribution in [0.3, 0.4) is 0 Å². The van der Waals surface area contributed by atoms with Gasteiger partial charge in [0.1, 0.15) is 0 Å². The molecule has 0 saturated heterocycles. The quantitative estimate of drug-likeness (QED) is 0.883. The van der Waals surface area contributed by atoms with Crippen LogP contribution in [0.4, 0.5) is 6.01 Å². The van der Waals surface area contributed by atoms with E-state index in [9.17, 15) is 0 Å². The largest absolute Gasteiger partial charge is 0.406 e. The average molecular weight is 309 g/mol. The maximum atomic E-state index is 6.24. The van der Waals surface area contributed by atoms with Crippen molar-refractivity contribution in [3.05, 3.63) is 40.7 Å². The van der Waals surface area contributed by atoms with Crippen molar-refractivity contribution in [2.75, 3.05) is 18.5 Å². The highest BCUT2D eigenvalue weighted by atomic mass is 35.5. The summed E-state index contributed by atoms with van der Waals surface area (Å²) in [5.41, 5.74) is 1.03. The Balaban J connectivity index is 2.16. The van der Waals surface area contributed by atoms with E-state index in [1.807, 2.05) is 50.1 Å². The number of hydrogen-bond donors (Lipinski definition) is 1. The van der Waals surface area contributed by atoms with Gasteiger partial charge in [0.05, 0.1) is 12.1 Å². The van der Waals surface area contributed by atoms with Gasteiger partial charge in [-0.1, -0.05) is 41.8 Å². The van der Waals surface area contributed by atoms with Gasteiger partial charge < -0.3 is 14.6 Å². The Kier molecular flexibility index (Phi) is 5.20. The number of aromatic nitrogens is 2. The van der Waals surface area contributed by atoms with Crippen molar-refractivity contribution in [1.82, 2.24) is 15.5 Å². The van der Waals surface area contributed by atoms with E-state index < -0.39 is 0 Å². The van der Waals surface area contributed by atoms with E-state index in [-0.39, 0.29) is 12.1 Å². The van der Waals surface area contributed by atoms with E-state index in [1.54, 1.807) is 0 Å². The van der Waals surface area contributed by atoms with Crippen molar-refractivity contribution in [1.29, 1.82) is 0 Å². The van der Waals surface area contributed by atoms with Crippen LogP contribution in [0.15, 0.2) is 28.7 Å². The molecule has 1 N–H and O–H groups in total. The van der Waals surface area contributed by atoms with E-state index in [1.165, 1.54) is 0 Å². The molecule has 0 aliphatic rings. The minimum atomic E-state index is 0.0419. The summed E-state index contributed by atoms with van der Waals surface area (Å²) >= 11 is 6.24. The number of nitrogens with zero attached hydrogens (tertiary/aromatic N) is 3. The SMILES string of the molecule is CCNC(C)c1nnc(N(C)C(C)c2ccccc2Cl)o1. The average Bonchev–Trinajstić information content (AvgIpc) is 2.96. The highest BCUT2D eigenvalue weighted by molar-refractivity contribution is 6.31. The fourth-order valence-corrected chi connectivity index (χ4v) is 2.42. The number of hydrogen-bond acceptors (Lipinski definition) is 5. The molecule has 0 spiro atoms. The second-order valence-corrected chi connectivity index (χ2v) is 5.42. The van der Waals surface area contributed by atoms with Gasteiger partial charge in [0, 0.05) is 12.1 Å². The van der Waals surface area contributed by atoms with Crippen LogP contribution in [0.5, 0.6) is 0 Å². The Morgan fingerprint density at radius 2 is 2.00 bits per heavy atom. The van der Waals surface area contributed by atoms with Crippen LogP contribution in [-0.4, -0.2) is 23.8 Å². The lowest BCUT2D eigenvalue weighted by Crippen LogP contribution is -2.22. The third-order valence-corrected chi connectivity index (χ3v) is 3.89. The molecule has 0 radical (unpaired) electrons. The molecule has 2 unspecified atom stereocenters. The van der Waals surface area contributed by atoms with Crippen LogP contribution in [0, 0.1) is 0 Å². The molecular formula is C15H21ClN4O. The molecule has 0 fully saturated rings. The second kappa shape index (κ2) is 6.91. The molecule has 0 bridgehead atoms. The lowest BCUT2D eigenvalue weighted by Gasteiger charge is -2.23. The zero-order chi connectivity index (χ0) is 15.4. The van der Waals surface area contributed by atoms with E-state index in [0.717, 1.165) is 17.1 Å². The van der Waals surface area contributed by atoms with Gasteiger partial charge in [-0.15, -0.1) is 5.10 Å². The Labute approximate surface area is 130 Å².